The Bertz CT molecular complexity index is 586. The fourth-order valence-electron chi connectivity index (χ4n) is 2.76. The van der Waals surface area contributed by atoms with Gasteiger partial charge in [-0.3, -0.25) is 10.7 Å². The molecular formula is C13H20N4O2S. The summed E-state index contributed by atoms with van der Waals surface area (Å²) in [6.07, 6.45) is 3.37. The van der Waals surface area contributed by atoms with Crippen molar-refractivity contribution in [3.8, 4) is 0 Å². The molecule has 4 N–H and O–H groups in total. The first kappa shape index (κ1) is 13.8. The highest BCUT2D eigenvalue weighted by molar-refractivity contribution is 7.89. The molecule has 0 radical (unpaired) electrons. The molecule has 1 atom stereocenters. The van der Waals surface area contributed by atoms with Crippen molar-refractivity contribution in [1.82, 2.24) is 9.62 Å². The van der Waals surface area contributed by atoms with Crippen LogP contribution >= 0.6 is 0 Å². The Balaban J connectivity index is 1.72. The summed E-state index contributed by atoms with van der Waals surface area (Å²) in [5.74, 6) is 5.38. The number of sulfonamides is 1. The van der Waals surface area contributed by atoms with E-state index in [-0.39, 0.29) is 10.9 Å². The van der Waals surface area contributed by atoms with Crippen LogP contribution in [-0.2, 0) is 10.0 Å². The van der Waals surface area contributed by atoms with E-state index < -0.39 is 10.0 Å². The number of para-hydroxylation sites is 1. The van der Waals surface area contributed by atoms with E-state index in [9.17, 15) is 8.42 Å². The maximum atomic E-state index is 12.4. The van der Waals surface area contributed by atoms with Crippen LogP contribution in [0.1, 0.15) is 19.3 Å². The van der Waals surface area contributed by atoms with Crippen LogP contribution in [0.3, 0.4) is 0 Å². The summed E-state index contributed by atoms with van der Waals surface area (Å²) in [5.41, 5.74) is 2.85. The zero-order valence-corrected chi connectivity index (χ0v) is 12.1. The number of nitrogens with zero attached hydrogens (tertiary/aromatic N) is 1. The topological polar surface area (TPSA) is 87.5 Å². The van der Waals surface area contributed by atoms with Gasteiger partial charge in [-0.15, -0.1) is 0 Å². The highest BCUT2D eigenvalue weighted by atomic mass is 32.2. The first-order valence-corrected chi connectivity index (χ1v) is 8.40. The van der Waals surface area contributed by atoms with Crippen LogP contribution in [0.25, 0.3) is 0 Å². The summed E-state index contributed by atoms with van der Waals surface area (Å²) < 4.78 is 27.7. The van der Waals surface area contributed by atoms with Crippen molar-refractivity contribution < 1.29 is 8.42 Å². The van der Waals surface area contributed by atoms with Gasteiger partial charge in [0.25, 0.3) is 0 Å². The van der Waals surface area contributed by atoms with E-state index >= 15 is 0 Å². The molecule has 7 heteroatoms. The monoisotopic (exact) mass is 296 g/mol. The van der Waals surface area contributed by atoms with Crippen molar-refractivity contribution in [2.24, 2.45) is 5.84 Å². The second-order valence-corrected chi connectivity index (χ2v) is 7.16. The number of hydrogen-bond acceptors (Lipinski definition) is 5. The van der Waals surface area contributed by atoms with E-state index in [2.05, 4.69) is 15.0 Å². The Hall–Kier alpha value is -1.15. The number of anilines is 1. The first-order chi connectivity index (χ1) is 9.60. The van der Waals surface area contributed by atoms with Crippen LogP contribution in [0.4, 0.5) is 5.69 Å². The molecular weight excluding hydrogens is 276 g/mol. The van der Waals surface area contributed by atoms with E-state index in [1.807, 2.05) is 0 Å². The molecule has 110 valence electrons. The Kier molecular flexibility index (Phi) is 3.68. The maximum Gasteiger partial charge on any atom is 0.242 e. The summed E-state index contributed by atoms with van der Waals surface area (Å²) in [6, 6.07) is 7.33. The van der Waals surface area contributed by atoms with Gasteiger partial charge in [-0.1, -0.05) is 12.1 Å². The molecule has 20 heavy (non-hydrogen) atoms. The van der Waals surface area contributed by atoms with Crippen molar-refractivity contribution >= 4 is 15.7 Å². The molecule has 0 bridgehead atoms. The Morgan fingerprint density at radius 1 is 1.20 bits per heavy atom. The Morgan fingerprint density at radius 2 is 1.95 bits per heavy atom. The molecule has 1 saturated heterocycles. The molecule has 2 aliphatic rings. The second kappa shape index (κ2) is 5.33. The number of benzene rings is 1. The maximum absolute atomic E-state index is 12.4. The molecule has 2 fully saturated rings. The van der Waals surface area contributed by atoms with Gasteiger partial charge in [0, 0.05) is 25.2 Å². The minimum absolute atomic E-state index is 0.00793. The van der Waals surface area contributed by atoms with Gasteiger partial charge in [0.2, 0.25) is 10.0 Å². The number of nitrogen functional groups attached to an aromatic ring is 1. The van der Waals surface area contributed by atoms with Crippen LogP contribution in [0.2, 0.25) is 0 Å². The smallest absolute Gasteiger partial charge is 0.242 e. The first-order valence-electron chi connectivity index (χ1n) is 6.92. The zero-order chi connectivity index (χ0) is 14.2. The molecule has 1 aromatic rings. The van der Waals surface area contributed by atoms with Crippen molar-refractivity contribution in [3.05, 3.63) is 24.3 Å². The molecule has 1 aromatic carbocycles. The van der Waals surface area contributed by atoms with Crippen LogP contribution in [0.5, 0.6) is 0 Å². The number of rotatable bonds is 5. The number of nitrogens with one attached hydrogen (secondary N) is 2. The SMILES string of the molecule is NNc1ccccc1S(=O)(=O)NC1CCN(C2CC2)C1. The summed E-state index contributed by atoms with van der Waals surface area (Å²) in [4.78, 5) is 2.58. The van der Waals surface area contributed by atoms with Gasteiger partial charge in [-0.25, -0.2) is 13.1 Å². The zero-order valence-electron chi connectivity index (χ0n) is 11.2. The minimum atomic E-state index is -3.53. The van der Waals surface area contributed by atoms with Crippen molar-refractivity contribution in [2.75, 3.05) is 18.5 Å². The molecule has 1 heterocycles. The van der Waals surface area contributed by atoms with Crippen molar-refractivity contribution in [1.29, 1.82) is 0 Å². The fourth-order valence-corrected chi connectivity index (χ4v) is 4.19. The van der Waals surface area contributed by atoms with Gasteiger partial charge in [0.1, 0.15) is 4.90 Å². The van der Waals surface area contributed by atoms with Crippen LogP contribution in [0, 0.1) is 0 Å². The molecule has 0 amide bonds. The highest BCUT2D eigenvalue weighted by Gasteiger charge is 2.36. The molecule has 1 saturated carbocycles. The lowest BCUT2D eigenvalue weighted by Gasteiger charge is -2.17. The summed E-state index contributed by atoms with van der Waals surface area (Å²) >= 11 is 0. The predicted molar refractivity (Wildman–Crippen MR) is 77.6 cm³/mol. The van der Waals surface area contributed by atoms with Gasteiger partial charge in [0.05, 0.1) is 5.69 Å². The average Bonchev–Trinajstić information content (AvgIpc) is 3.20. The second-order valence-electron chi connectivity index (χ2n) is 5.47. The predicted octanol–water partition coefficient (Wildman–Crippen LogP) is 0.487. The Morgan fingerprint density at radius 3 is 2.65 bits per heavy atom. The van der Waals surface area contributed by atoms with E-state index in [1.165, 1.54) is 12.8 Å². The molecule has 1 unspecified atom stereocenters. The van der Waals surface area contributed by atoms with Crippen molar-refractivity contribution in [2.45, 2.75) is 36.2 Å². The summed E-state index contributed by atoms with van der Waals surface area (Å²) in [6.45, 7) is 1.79. The lowest BCUT2D eigenvalue weighted by molar-refractivity contribution is 0.322. The normalized spacial score (nSPS) is 23.9. The molecule has 1 aliphatic heterocycles. The van der Waals surface area contributed by atoms with Gasteiger partial charge >= 0.3 is 0 Å². The number of hydrogen-bond donors (Lipinski definition) is 3. The molecule has 3 rings (SSSR count). The van der Waals surface area contributed by atoms with Gasteiger partial charge in [-0.05, 0) is 31.4 Å². The molecule has 6 nitrogen and oxygen atoms in total. The van der Waals surface area contributed by atoms with Gasteiger partial charge in [-0.2, -0.15) is 0 Å². The number of likely N-dealkylation sites (tertiary alicyclic amines) is 1. The van der Waals surface area contributed by atoms with Crippen LogP contribution < -0.4 is 16.0 Å². The number of nitrogens with two attached hydrogens (primary N) is 1. The lowest BCUT2D eigenvalue weighted by Crippen LogP contribution is -2.37. The highest BCUT2D eigenvalue weighted by Crippen LogP contribution is 2.30. The van der Waals surface area contributed by atoms with E-state index in [4.69, 9.17) is 5.84 Å². The van der Waals surface area contributed by atoms with E-state index in [0.717, 1.165) is 19.5 Å². The van der Waals surface area contributed by atoms with Gasteiger partial charge in [0.15, 0.2) is 0 Å². The van der Waals surface area contributed by atoms with Gasteiger partial charge < -0.3 is 5.43 Å². The minimum Gasteiger partial charge on any atom is -0.323 e. The third-order valence-electron chi connectivity index (χ3n) is 3.94. The number of hydrazine groups is 1. The van der Waals surface area contributed by atoms with E-state index in [1.54, 1.807) is 24.3 Å². The van der Waals surface area contributed by atoms with Crippen molar-refractivity contribution in [3.63, 3.8) is 0 Å². The largest absolute Gasteiger partial charge is 0.323 e. The molecule has 1 aliphatic carbocycles. The fraction of sp³-hybridized carbons (Fsp3) is 0.538. The standard InChI is InChI=1S/C13H20N4O2S/c14-15-12-3-1-2-4-13(12)20(18,19)16-10-7-8-17(9-10)11-5-6-11/h1-4,10-11,15-16H,5-9,14H2. The quantitative estimate of drug-likeness (QED) is 0.543. The third-order valence-corrected chi connectivity index (χ3v) is 5.52. The lowest BCUT2D eigenvalue weighted by atomic mass is 10.3. The molecule has 0 aromatic heterocycles. The molecule has 0 spiro atoms. The Labute approximate surface area is 119 Å². The van der Waals surface area contributed by atoms with Crippen LogP contribution in [-0.4, -0.2) is 38.5 Å². The summed E-state index contributed by atoms with van der Waals surface area (Å²) in [7, 11) is -3.53. The van der Waals surface area contributed by atoms with E-state index in [0.29, 0.717) is 11.7 Å². The summed E-state index contributed by atoms with van der Waals surface area (Å²) in [5, 5.41) is 0. The average molecular weight is 296 g/mol. The third kappa shape index (κ3) is 2.80. The van der Waals surface area contributed by atoms with Crippen LogP contribution in [0.15, 0.2) is 29.2 Å².